The van der Waals surface area contributed by atoms with Crippen LogP contribution < -0.4 is 10.6 Å². The molecule has 3 rings (SSSR count). The maximum absolute atomic E-state index is 12.3. The van der Waals surface area contributed by atoms with Crippen molar-refractivity contribution >= 4 is 28.3 Å². The number of anilines is 1. The first-order valence-electron chi connectivity index (χ1n) is 9.31. The van der Waals surface area contributed by atoms with Crippen LogP contribution >= 0.6 is 11.3 Å². The molecule has 1 saturated carbocycles. The summed E-state index contributed by atoms with van der Waals surface area (Å²) in [4.78, 5) is 28.8. The molecule has 2 aromatic rings. The van der Waals surface area contributed by atoms with Gasteiger partial charge >= 0.3 is 0 Å². The largest absolute Gasteiger partial charge is 0.353 e. The Morgan fingerprint density at radius 1 is 1.04 bits per heavy atom. The number of benzene rings is 1. The van der Waals surface area contributed by atoms with Crippen molar-refractivity contribution in [2.75, 3.05) is 5.32 Å². The standard InChI is InChI=1S/C20H25N3O2S/c24-18(21-16-11-7-2-1-3-8-12-16)13-17-14-26-20(22-17)23-19(25)15-9-5-4-6-10-15/h4-6,9-10,14,16H,1-3,7-8,11-13H2,(H,21,24)(H,22,23,25). The van der Waals surface area contributed by atoms with E-state index in [-0.39, 0.29) is 18.2 Å². The highest BCUT2D eigenvalue weighted by Crippen LogP contribution is 2.19. The monoisotopic (exact) mass is 371 g/mol. The van der Waals surface area contributed by atoms with Crippen LogP contribution in [0.15, 0.2) is 35.7 Å². The van der Waals surface area contributed by atoms with E-state index < -0.39 is 0 Å². The number of aromatic nitrogens is 1. The van der Waals surface area contributed by atoms with Gasteiger partial charge in [-0.25, -0.2) is 4.98 Å². The summed E-state index contributed by atoms with van der Waals surface area (Å²) in [5.41, 5.74) is 1.29. The number of amides is 2. The van der Waals surface area contributed by atoms with E-state index in [0.29, 0.717) is 22.4 Å². The minimum Gasteiger partial charge on any atom is -0.353 e. The summed E-state index contributed by atoms with van der Waals surface area (Å²) in [6.07, 6.45) is 8.63. The average Bonchev–Trinajstić information content (AvgIpc) is 3.04. The van der Waals surface area contributed by atoms with E-state index in [1.54, 1.807) is 12.1 Å². The molecule has 0 bridgehead atoms. The van der Waals surface area contributed by atoms with Crippen LogP contribution in [0.5, 0.6) is 0 Å². The Labute approximate surface area is 158 Å². The molecule has 0 aliphatic heterocycles. The molecular weight excluding hydrogens is 346 g/mol. The predicted molar refractivity (Wildman–Crippen MR) is 104 cm³/mol. The predicted octanol–water partition coefficient (Wildman–Crippen LogP) is 4.17. The smallest absolute Gasteiger partial charge is 0.257 e. The molecule has 1 fully saturated rings. The molecule has 0 atom stereocenters. The third-order valence-electron chi connectivity index (χ3n) is 4.62. The van der Waals surface area contributed by atoms with Gasteiger partial charge in [-0.1, -0.05) is 50.3 Å². The lowest BCUT2D eigenvalue weighted by Crippen LogP contribution is -2.36. The van der Waals surface area contributed by atoms with Crippen LogP contribution in [0.1, 0.15) is 61.0 Å². The van der Waals surface area contributed by atoms with E-state index >= 15 is 0 Å². The van der Waals surface area contributed by atoms with Crippen LogP contribution in [0.25, 0.3) is 0 Å². The minimum absolute atomic E-state index is 0.0156. The Hall–Kier alpha value is -2.21. The Morgan fingerprint density at radius 2 is 1.73 bits per heavy atom. The fraction of sp³-hybridized carbons (Fsp3) is 0.450. The van der Waals surface area contributed by atoms with E-state index in [9.17, 15) is 9.59 Å². The third-order valence-corrected chi connectivity index (χ3v) is 5.43. The summed E-state index contributed by atoms with van der Waals surface area (Å²) in [6, 6.07) is 9.31. The number of nitrogens with zero attached hydrogens (tertiary/aromatic N) is 1. The quantitative estimate of drug-likeness (QED) is 0.829. The summed E-state index contributed by atoms with van der Waals surface area (Å²) in [7, 11) is 0. The minimum atomic E-state index is -0.189. The van der Waals surface area contributed by atoms with E-state index in [1.807, 2.05) is 23.6 Å². The third kappa shape index (κ3) is 5.66. The van der Waals surface area contributed by atoms with Crippen molar-refractivity contribution in [1.82, 2.24) is 10.3 Å². The molecule has 1 aromatic heterocycles. The summed E-state index contributed by atoms with van der Waals surface area (Å²) < 4.78 is 0. The molecule has 6 heteroatoms. The zero-order chi connectivity index (χ0) is 18.2. The number of hydrogen-bond donors (Lipinski definition) is 2. The highest BCUT2D eigenvalue weighted by atomic mass is 32.1. The second-order valence-corrected chi connectivity index (χ2v) is 7.61. The summed E-state index contributed by atoms with van der Waals surface area (Å²) >= 11 is 1.34. The average molecular weight is 372 g/mol. The molecule has 0 saturated heterocycles. The number of hydrogen-bond acceptors (Lipinski definition) is 4. The van der Waals surface area contributed by atoms with Gasteiger partial charge in [0.1, 0.15) is 0 Å². The topological polar surface area (TPSA) is 71.1 Å². The summed E-state index contributed by atoms with van der Waals surface area (Å²) in [5.74, 6) is -0.174. The first kappa shape index (κ1) is 18.6. The molecule has 1 aliphatic rings. The van der Waals surface area contributed by atoms with Crippen molar-refractivity contribution in [3.05, 3.63) is 47.0 Å². The Morgan fingerprint density at radius 3 is 2.46 bits per heavy atom. The molecule has 0 unspecified atom stereocenters. The number of carbonyl (C=O) groups excluding carboxylic acids is 2. The molecule has 1 aromatic carbocycles. The zero-order valence-corrected chi connectivity index (χ0v) is 15.7. The second-order valence-electron chi connectivity index (χ2n) is 6.75. The van der Waals surface area contributed by atoms with Gasteiger partial charge in [-0.2, -0.15) is 0 Å². The number of thiazole rings is 1. The van der Waals surface area contributed by atoms with E-state index in [1.165, 1.54) is 43.4 Å². The number of rotatable bonds is 5. The van der Waals surface area contributed by atoms with Gasteiger partial charge in [-0.3, -0.25) is 14.9 Å². The first-order valence-corrected chi connectivity index (χ1v) is 10.2. The molecule has 1 heterocycles. The van der Waals surface area contributed by atoms with Crippen molar-refractivity contribution < 1.29 is 9.59 Å². The molecule has 5 nitrogen and oxygen atoms in total. The molecular formula is C20H25N3O2S. The fourth-order valence-electron chi connectivity index (χ4n) is 3.25. The molecule has 26 heavy (non-hydrogen) atoms. The lowest BCUT2D eigenvalue weighted by atomic mass is 9.96. The van der Waals surface area contributed by atoms with Crippen molar-refractivity contribution in [3.8, 4) is 0 Å². The van der Waals surface area contributed by atoms with Gasteiger partial charge in [0.25, 0.3) is 5.91 Å². The molecule has 2 amide bonds. The molecule has 1 aliphatic carbocycles. The van der Waals surface area contributed by atoms with E-state index in [0.717, 1.165) is 12.8 Å². The van der Waals surface area contributed by atoms with Crippen molar-refractivity contribution in [2.24, 2.45) is 0 Å². The van der Waals surface area contributed by atoms with Crippen LogP contribution in [0.3, 0.4) is 0 Å². The zero-order valence-electron chi connectivity index (χ0n) is 14.9. The molecule has 138 valence electrons. The maximum Gasteiger partial charge on any atom is 0.257 e. The first-order chi connectivity index (χ1) is 12.7. The van der Waals surface area contributed by atoms with Gasteiger partial charge in [-0.15, -0.1) is 11.3 Å². The van der Waals surface area contributed by atoms with Crippen molar-refractivity contribution in [3.63, 3.8) is 0 Å². The SMILES string of the molecule is O=C(Cc1csc(NC(=O)c2ccccc2)n1)NC1CCCCCCC1. The van der Waals surface area contributed by atoms with Gasteiger partial charge in [0, 0.05) is 17.0 Å². The van der Waals surface area contributed by atoms with Crippen molar-refractivity contribution in [2.45, 2.75) is 57.4 Å². The van der Waals surface area contributed by atoms with Gasteiger partial charge in [-0.05, 0) is 25.0 Å². The van der Waals surface area contributed by atoms with Crippen LogP contribution in [0.4, 0.5) is 5.13 Å². The molecule has 0 radical (unpaired) electrons. The normalized spacial score (nSPS) is 15.7. The maximum atomic E-state index is 12.3. The summed E-state index contributed by atoms with van der Waals surface area (Å²) in [6.45, 7) is 0. The van der Waals surface area contributed by atoms with Crippen LogP contribution in [-0.4, -0.2) is 22.8 Å². The highest BCUT2D eigenvalue weighted by molar-refractivity contribution is 7.14. The van der Waals surface area contributed by atoms with Gasteiger partial charge in [0.15, 0.2) is 5.13 Å². The van der Waals surface area contributed by atoms with Crippen LogP contribution in [0, 0.1) is 0 Å². The second kappa shape index (κ2) is 9.48. The highest BCUT2D eigenvalue weighted by Gasteiger charge is 2.16. The van der Waals surface area contributed by atoms with E-state index in [4.69, 9.17) is 0 Å². The van der Waals surface area contributed by atoms with Crippen LogP contribution in [0.2, 0.25) is 0 Å². The van der Waals surface area contributed by atoms with Gasteiger partial charge in [0.05, 0.1) is 12.1 Å². The van der Waals surface area contributed by atoms with Gasteiger partial charge < -0.3 is 5.32 Å². The van der Waals surface area contributed by atoms with E-state index in [2.05, 4.69) is 15.6 Å². The van der Waals surface area contributed by atoms with Gasteiger partial charge in [0.2, 0.25) is 5.91 Å². The summed E-state index contributed by atoms with van der Waals surface area (Å²) in [5, 5.41) is 8.29. The number of nitrogens with one attached hydrogen (secondary N) is 2. The Bertz CT molecular complexity index is 722. The van der Waals surface area contributed by atoms with Crippen molar-refractivity contribution in [1.29, 1.82) is 0 Å². The fourth-order valence-corrected chi connectivity index (χ4v) is 3.95. The van der Waals surface area contributed by atoms with Crippen LogP contribution in [-0.2, 0) is 11.2 Å². The molecule has 0 spiro atoms. The Kier molecular flexibility index (Phi) is 6.77. The molecule has 2 N–H and O–H groups in total. The lowest BCUT2D eigenvalue weighted by molar-refractivity contribution is -0.121. The lowest BCUT2D eigenvalue weighted by Gasteiger charge is -2.20. The number of carbonyl (C=O) groups is 2. The Balaban J connectivity index is 1.49.